The highest BCUT2D eigenvalue weighted by Gasteiger charge is 2.30. The number of hydrogen-bond donors (Lipinski definition) is 1. The SMILES string of the molecule is NC1CN(c2cc(F)c(Cl)cc2[N+](=O)[O-])C1. The second-order valence-corrected chi connectivity index (χ2v) is 4.08. The molecule has 5 nitrogen and oxygen atoms in total. The minimum Gasteiger partial charge on any atom is -0.363 e. The average Bonchev–Trinajstić information content (AvgIpc) is 2.16. The summed E-state index contributed by atoms with van der Waals surface area (Å²) in [5.41, 5.74) is 5.60. The van der Waals surface area contributed by atoms with E-state index < -0.39 is 10.7 Å². The maximum Gasteiger partial charge on any atom is 0.294 e. The van der Waals surface area contributed by atoms with Gasteiger partial charge in [-0.15, -0.1) is 0 Å². The Kier molecular flexibility index (Phi) is 2.69. The number of nitrogens with zero attached hydrogens (tertiary/aromatic N) is 2. The number of hydrogen-bond acceptors (Lipinski definition) is 4. The molecule has 2 N–H and O–H groups in total. The molecule has 0 aliphatic carbocycles. The Morgan fingerprint density at radius 2 is 2.19 bits per heavy atom. The fourth-order valence-corrected chi connectivity index (χ4v) is 1.79. The first kappa shape index (κ1) is 11.1. The van der Waals surface area contributed by atoms with Crippen molar-refractivity contribution >= 4 is 23.0 Å². The summed E-state index contributed by atoms with van der Waals surface area (Å²) >= 11 is 5.50. The summed E-state index contributed by atoms with van der Waals surface area (Å²) in [6.07, 6.45) is 0. The predicted octanol–water partition coefficient (Wildman–Crippen LogP) is 1.53. The molecule has 7 heteroatoms. The van der Waals surface area contributed by atoms with Crippen LogP contribution in [0.15, 0.2) is 12.1 Å². The van der Waals surface area contributed by atoms with Crippen LogP contribution < -0.4 is 10.6 Å². The third-order valence-electron chi connectivity index (χ3n) is 2.46. The van der Waals surface area contributed by atoms with Crippen molar-refractivity contribution in [2.75, 3.05) is 18.0 Å². The molecule has 0 aromatic heterocycles. The van der Waals surface area contributed by atoms with Crippen molar-refractivity contribution in [1.29, 1.82) is 0 Å². The minimum absolute atomic E-state index is 0.0154. The van der Waals surface area contributed by atoms with Crippen molar-refractivity contribution in [2.24, 2.45) is 5.73 Å². The van der Waals surface area contributed by atoms with Gasteiger partial charge in [0.25, 0.3) is 5.69 Å². The van der Waals surface area contributed by atoms with Gasteiger partial charge < -0.3 is 10.6 Å². The lowest BCUT2D eigenvalue weighted by Gasteiger charge is -2.38. The molecule has 1 aromatic rings. The van der Waals surface area contributed by atoms with E-state index in [1.807, 2.05) is 0 Å². The van der Waals surface area contributed by atoms with E-state index in [0.29, 0.717) is 13.1 Å². The van der Waals surface area contributed by atoms with Gasteiger partial charge in [-0.2, -0.15) is 0 Å². The van der Waals surface area contributed by atoms with Crippen LogP contribution in [0.2, 0.25) is 5.02 Å². The number of nitro groups is 1. The molecule has 1 saturated heterocycles. The van der Waals surface area contributed by atoms with E-state index in [4.69, 9.17) is 17.3 Å². The van der Waals surface area contributed by atoms with Gasteiger partial charge >= 0.3 is 0 Å². The van der Waals surface area contributed by atoms with Crippen LogP contribution in [-0.2, 0) is 0 Å². The molecule has 0 unspecified atom stereocenters. The van der Waals surface area contributed by atoms with Crippen molar-refractivity contribution in [3.8, 4) is 0 Å². The van der Waals surface area contributed by atoms with Crippen LogP contribution in [0.1, 0.15) is 0 Å². The molecule has 0 atom stereocenters. The van der Waals surface area contributed by atoms with Gasteiger partial charge in [0.15, 0.2) is 0 Å². The summed E-state index contributed by atoms with van der Waals surface area (Å²) in [6, 6.07) is 2.08. The van der Waals surface area contributed by atoms with E-state index in [1.165, 1.54) is 0 Å². The Bertz CT molecular complexity index is 449. The summed E-state index contributed by atoms with van der Waals surface area (Å²) in [6.45, 7) is 0.976. The Labute approximate surface area is 95.7 Å². The van der Waals surface area contributed by atoms with Crippen LogP contribution in [0.4, 0.5) is 15.8 Å². The molecule has 2 rings (SSSR count). The van der Waals surface area contributed by atoms with Gasteiger partial charge in [0, 0.05) is 31.3 Å². The van der Waals surface area contributed by atoms with E-state index in [9.17, 15) is 14.5 Å². The van der Waals surface area contributed by atoms with E-state index >= 15 is 0 Å². The molecule has 1 aliphatic rings. The summed E-state index contributed by atoms with van der Waals surface area (Å²) in [7, 11) is 0. The molecular formula is C9H9ClFN3O2. The van der Waals surface area contributed by atoms with Gasteiger partial charge in [0.2, 0.25) is 0 Å². The topological polar surface area (TPSA) is 72.4 Å². The zero-order chi connectivity index (χ0) is 11.9. The highest BCUT2D eigenvalue weighted by molar-refractivity contribution is 6.31. The van der Waals surface area contributed by atoms with Gasteiger partial charge in [-0.05, 0) is 0 Å². The first-order chi connectivity index (χ1) is 7.49. The smallest absolute Gasteiger partial charge is 0.294 e. The Hall–Kier alpha value is -1.40. The zero-order valence-corrected chi connectivity index (χ0v) is 8.95. The summed E-state index contributed by atoms with van der Waals surface area (Å²) < 4.78 is 13.2. The van der Waals surface area contributed by atoms with Crippen molar-refractivity contribution < 1.29 is 9.31 Å². The molecular weight excluding hydrogens is 237 g/mol. The number of rotatable bonds is 2. The van der Waals surface area contributed by atoms with Crippen molar-refractivity contribution in [3.63, 3.8) is 0 Å². The molecule has 1 fully saturated rings. The van der Waals surface area contributed by atoms with Gasteiger partial charge in [-0.1, -0.05) is 11.6 Å². The summed E-state index contributed by atoms with van der Waals surface area (Å²) in [5.74, 6) is -0.664. The highest BCUT2D eigenvalue weighted by Crippen LogP contribution is 2.34. The largest absolute Gasteiger partial charge is 0.363 e. The lowest BCUT2D eigenvalue weighted by Crippen LogP contribution is -2.56. The molecule has 0 amide bonds. The van der Waals surface area contributed by atoms with Gasteiger partial charge in [-0.3, -0.25) is 10.1 Å². The molecule has 1 aliphatic heterocycles. The lowest BCUT2D eigenvalue weighted by atomic mass is 10.1. The van der Waals surface area contributed by atoms with Crippen LogP contribution in [-0.4, -0.2) is 24.1 Å². The van der Waals surface area contributed by atoms with E-state index in [2.05, 4.69) is 0 Å². The molecule has 16 heavy (non-hydrogen) atoms. The van der Waals surface area contributed by atoms with Crippen molar-refractivity contribution in [3.05, 3.63) is 33.1 Å². The van der Waals surface area contributed by atoms with Crippen molar-refractivity contribution in [1.82, 2.24) is 0 Å². The molecule has 0 spiro atoms. The quantitative estimate of drug-likeness (QED) is 0.634. The van der Waals surface area contributed by atoms with Crippen LogP contribution in [0.3, 0.4) is 0 Å². The Morgan fingerprint density at radius 3 is 2.69 bits per heavy atom. The van der Waals surface area contributed by atoms with Gasteiger partial charge in [0.05, 0.1) is 9.95 Å². The summed E-state index contributed by atoms with van der Waals surface area (Å²) in [4.78, 5) is 11.9. The molecule has 0 radical (unpaired) electrons. The monoisotopic (exact) mass is 245 g/mol. The highest BCUT2D eigenvalue weighted by atomic mass is 35.5. The van der Waals surface area contributed by atoms with Gasteiger partial charge in [0.1, 0.15) is 11.5 Å². The number of anilines is 1. The number of nitrogens with two attached hydrogens (primary N) is 1. The standard InChI is InChI=1S/C9H9ClFN3O2/c10-6-1-9(14(15)16)8(2-7(6)11)13-3-5(12)4-13/h1-2,5H,3-4,12H2. The fraction of sp³-hybridized carbons (Fsp3) is 0.333. The zero-order valence-electron chi connectivity index (χ0n) is 8.19. The van der Waals surface area contributed by atoms with E-state index in [0.717, 1.165) is 12.1 Å². The number of halogens is 2. The maximum absolute atomic E-state index is 13.2. The molecule has 1 aromatic carbocycles. The second-order valence-electron chi connectivity index (χ2n) is 3.68. The molecule has 0 bridgehead atoms. The number of benzene rings is 1. The normalized spacial score (nSPS) is 16.1. The molecule has 86 valence electrons. The predicted molar refractivity (Wildman–Crippen MR) is 58.3 cm³/mol. The second kappa shape index (κ2) is 3.88. The summed E-state index contributed by atoms with van der Waals surface area (Å²) in [5, 5.41) is 10.5. The van der Waals surface area contributed by atoms with Crippen LogP contribution >= 0.6 is 11.6 Å². The minimum atomic E-state index is -0.664. The van der Waals surface area contributed by atoms with E-state index in [-0.39, 0.29) is 22.4 Å². The fourth-order valence-electron chi connectivity index (χ4n) is 1.63. The first-order valence-electron chi connectivity index (χ1n) is 4.63. The maximum atomic E-state index is 13.2. The van der Waals surface area contributed by atoms with Crippen molar-refractivity contribution in [2.45, 2.75) is 6.04 Å². The average molecular weight is 246 g/mol. The lowest BCUT2D eigenvalue weighted by molar-refractivity contribution is -0.384. The van der Waals surface area contributed by atoms with Gasteiger partial charge in [-0.25, -0.2) is 4.39 Å². The third-order valence-corrected chi connectivity index (χ3v) is 2.75. The molecule has 0 saturated carbocycles. The Balaban J connectivity index is 2.42. The van der Waals surface area contributed by atoms with E-state index in [1.54, 1.807) is 4.90 Å². The number of nitro benzene ring substituents is 1. The Morgan fingerprint density at radius 1 is 1.56 bits per heavy atom. The first-order valence-corrected chi connectivity index (χ1v) is 5.01. The third kappa shape index (κ3) is 1.81. The van der Waals surface area contributed by atoms with Crippen LogP contribution in [0.25, 0.3) is 0 Å². The van der Waals surface area contributed by atoms with Crippen LogP contribution in [0.5, 0.6) is 0 Å². The molecule has 1 heterocycles. The van der Waals surface area contributed by atoms with Crippen LogP contribution in [0, 0.1) is 15.9 Å².